The van der Waals surface area contributed by atoms with E-state index in [0.717, 1.165) is 0 Å². The maximum atomic E-state index is 13.0. The second-order valence-electron chi connectivity index (χ2n) is 4.43. The second-order valence-corrected chi connectivity index (χ2v) is 6.73. The van der Waals surface area contributed by atoms with Crippen molar-refractivity contribution in [2.24, 2.45) is 0 Å². The molecular weight excluding hydrogens is 336 g/mol. The summed E-state index contributed by atoms with van der Waals surface area (Å²) in [5.41, 5.74) is -0.349. The molecule has 122 valence electrons. The minimum atomic E-state index is -4.72. The summed E-state index contributed by atoms with van der Waals surface area (Å²) in [7, 11) is -4.46. The first-order valence-corrected chi connectivity index (χ1v) is 7.49. The van der Waals surface area contributed by atoms with Gasteiger partial charge in [-0.15, -0.1) is 0 Å². The van der Waals surface area contributed by atoms with Crippen LogP contribution in [0.3, 0.4) is 0 Å². The largest absolute Gasteiger partial charge is 0.390 e. The van der Waals surface area contributed by atoms with Crippen LogP contribution in [0.5, 0.6) is 0 Å². The van der Waals surface area contributed by atoms with E-state index in [4.69, 9.17) is 5.26 Å². The molecule has 0 aliphatic rings. The van der Waals surface area contributed by atoms with E-state index in [0.29, 0.717) is 12.1 Å². The van der Waals surface area contributed by atoms with Crippen molar-refractivity contribution in [3.63, 3.8) is 0 Å². The highest BCUT2D eigenvalue weighted by Gasteiger charge is 2.34. The molecule has 0 N–H and O–H groups in total. The van der Waals surface area contributed by atoms with Crippen LogP contribution in [0, 0.1) is 28.8 Å². The zero-order valence-corrected chi connectivity index (χ0v) is 11.6. The van der Waals surface area contributed by atoms with Crippen molar-refractivity contribution >= 4 is 9.84 Å². The van der Waals surface area contributed by atoms with Gasteiger partial charge >= 0.3 is 6.18 Å². The van der Waals surface area contributed by atoms with Gasteiger partial charge in [0.2, 0.25) is 0 Å². The third-order valence-corrected chi connectivity index (χ3v) is 4.62. The van der Waals surface area contributed by atoms with Crippen LogP contribution in [0.1, 0.15) is 12.0 Å². The van der Waals surface area contributed by atoms with Gasteiger partial charge in [0.05, 0.1) is 18.2 Å². The predicted molar refractivity (Wildman–Crippen MR) is 63.9 cm³/mol. The summed E-state index contributed by atoms with van der Waals surface area (Å²) in [5, 5.41) is 6.86. The summed E-state index contributed by atoms with van der Waals surface area (Å²) in [6, 6.07) is 2.26. The molecule has 3 nitrogen and oxygen atoms in total. The minimum absolute atomic E-state index is 0.349. The van der Waals surface area contributed by atoms with Crippen molar-refractivity contribution in [1.82, 2.24) is 0 Å². The Labute approximate surface area is 122 Å². The molecule has 0 radical (unpaired) electrons. The molecular formula is C12H9F6NO2S. The highest BCUT2D eigenvalue weighted by molar-refractivity contribution is 7.92. The van der Waals surface area contributed by atoms with E-state index in [1.165, 1.54) is 6.07 Å². The zero-order valence-electron chi connectivity index (χ0n) is 10.8. The van der Waals surface area contributed by atoms with Gasteiger partial charge in [-0.1, -0.05) is 0 Å². The molecule has 0 spiro atoms. The lowest BCUT2D eigenvalue weighted by Crippen LogP contribution is -2.27. The van der Waals surface area contributed by atoms with Crippen LogP contribution in [-0.4, -0.2) is 25.6 Å². The summed E-state index contributed by atoms with van der Waals surface area (Å²) in [6.07, 6.45) is -7.11. The number of benzene rings is 1. The molecule has 0 bridgehead atoms. The molecule has 0 aliphatic heterocycles. The molecule has 0 aliphatic carbocycles. The molecule has 22 heavy (non-hydrogen) atoms. The van der Waals surface area contributed by atoms with Gasteiger partial charge in [0.15, 0.2) is 32.5 Å². The molecule has 0 amide bonds. The third kappa shape index (κ3) is 4.91. The van der Waals surface area contributed by atoms with E-state index >= 15 is 0 Å². The molecule has 1 unspecified atom stereocenters. The Balaban J connectivity index is 2.96. The van der Waals surface area contributed by atoms with Crippen molar-refractivity contribution in [3.8, 4) is 6.07 Å². The lowest BCUT2D eigenvalue weighted by atomic mass is 10.1. The lowest BCUT2D eigenvalue weighted by Gasteiger charge is -2.12. The maximum absolute atomic E-state index is 13.0. The summed E-state index contributed by atoms with van der Waals surface area (Å²) in [4.78, 5) is 0. The fraction of sp³-hybridized carbons (Fsp3) is 0.417. The number of halogens is 6. The van der Waals surface area contributed by atoms with Crippen molar-refractivity contribution in [2.45, 2.75) is 24.3 Å². The van der Waals surface area contributed by atoms with Gasteiger partial charge in [-0.2, -0.15) is 18.4 Å². The Bertz CT molecular complexity index is 670. The molecule has 0 aromatic heterocycles. The van der Waals surface area contributed by atoms with Crippen LogP contribution >= 0.6 is 0 Å². The number of nitrogens with zero attached hydrogens (tertiary/aromatic N) is 1. The van der Waals surface area contributed by atoms with Crippen LogP contribution in [0.4, 0.5) is 26.3 Å². The van der Waals surface area contributed by atoms with Crippen LogP contribution in [0.2, 0.25) is 0 Å². The monoisotopic (exact) mass is 345 g/mol. The topological polar surface area (TPSA) is 57.9 Å². The van der Waals surface area contributed by atoms with E-state index in [1.807, 2.05) is 0 Å². The normalized spacial score (nSPS) is 13.7. The van der Waals surface area contributed by atoms with Crippen LogP contribution in [0.15, 0.2) is 12.1 Å². The van der Waals surface area contributed by atoms with Crippen molar-refractivity contribution in [1.29, 1.82) is 5.26 Å². The van der Waals surface area contributed by atoms with E-state index in [-0.39, 0.29) is 5.56 Å². The second kappa shape index (κ2) is 6.56. The zero-order chi connectivity index (χ0) is 17.1. The number of rotatable bonds is 5. The Morgan fingerprint density at radius 2 is 1.64 bits per heavy atom. The summed E-state index contributed by atoms with van der Waals surface area (Å²) >= 11 is 0. The fourth-order valence-corrected chi connectivity index (χ4v) is 3.00. The van der Waals surface area contributed by atoms with Crippen LogP contribution in [-0.2, 0) is 16.3 Å². The van der Waals surface area contributed by atoms with Gasteiger partial charge in [0.1, 0.15) is 0 Å². The lowest BCUT2D eigenvalue weighted by molar-refractivity contribution is -0.129. The summed E-state index contributed by atoms with van der Waals surface area (Å²) in [5.74, 6) is -6.25. The Morgan fingerprint density at radius 3 is 2.05 bits per heavy atom. The molecule has 1 aromatic rings. The molecule has 1 aromatic carbocycles. The van der Waals surface area contributed by atoms with Gasteiger partial charge in [0, 0.05) is 6.42 Å². The molecule has 0 fully saturated rings. The number of sulfone groups is 1. The average Bonchev–Trinajstić information content (AvgIpc) is 2.39. The molecule has 0 saturated carbocycles. The quantitative estimate of drug-likeness (QED) is 0.609. The van der Waals surface area contributed by atoms with Crippen LogP contribution < -0.4 is 0 Å². The summed E-state index contributed by atoms with van der Waals surface area (Å²) in [6.45, 7) is 0. The maximum Gasteiger partial charge on any atom is 0.390 e. The third-order valence-electron chi connectivity index (χ3n) is 2.71. The molecule has 0 saturated heterocycles. The van der Waals surface area contributed by atoms with Gasteiger partial charge in [-0.05, 0) is 17.7 Å². The first-order chi connectivity index (χ1) is 9.96. The van der Waals surface area contributed by atoms with Gasteiger partial charge in [-0.25, -0.2) is 21.6 Å². The number of hydrogen-bond acceptors (Lipinski definition) is 3. The number of nitriles is 1. The van der Waals surface area contributed by atoms with E-state index in [2.05, 4.69) is 0 Å². The van der Waals surface area contributed by atoms with E-state index in [9.17, 15) is 34.8 Å². The minimum Gasteiger partial charge on any atom is -0.227 e. The molecule has 0 heterocycles. The highest BCUT2D eigenvalue weighted by atomic mass is 32.2. The van der Waals surface area contributed by atoms with Crippen molar-refractivity contribution in [2.75, 3.05) is 5.75 Å². The molecule has 10 heteroatoms. The number of alkyl halides is 3. The molecule has 1 rings (SSSR count). The summed E-state index contributed by atoms with van der Waals surface area (Å²) < 4.78 is 98.2. The standard InChI is InChI=1S/C12H9F6NO2S/c13-9-4-7(5-10(14)11(9)15)3-8(6-19)22(20,21)2-1-12(16,17)18/h4-5,8H,1-3H2. The van der Waals surface area contributed by atoms with E-state index < -0.39 is 57.3 Å². The predicted octanol–water partition coefficient (Wildman–Crippen LogP) is 2.91. The number of hydrogen-bond donors (Lipinski definition) is 0. The first-order valence-electron chi connectivity index (χ1n) is 5.77. The smallest absolute Gasteiger partial charge is 0.227 e. The highest BCUT2D eigenvalue weighted by Crippen LogP contribution is 2.23. The van der Waals surface area contributed by atoms with Crippen molar-refractivity contribution < 1.29 is 34.8 Å². The van der Waals surface area contributed by atoms with E-state index in [1.54, 1.807) is 0 Å². The van der Waals surface area contributed by atoms with Gasteiger partial charge < -0.3 is 0 Å². The van der Waals surface area contributed by atoms with Gasteiger partial charge in [-0.3, -0.25) is 0 Å². The average molecular weight is 345 g/mol. The fourth-order valence-electron chi connectivity index (χ4n) is 1.59. The Hall–Kier alpha value is -1.76. The first kappa shape index (κ1) is 18.3. The Morgan fingerprint density at radius 1 is 1.14 bits per heavy atom. The van der Waals surface area contributed by atoms with Crippen molar-refractivity contribution in [3.05, 3.63) is 35.1 Å². The SMILES string of the molecule is N#CC(Cc1cc(F)c(F)c(F)c1)S(=O)(=O)CCC(F)(F)F. The van der Waals surface area contributed by atoms with Crippen LogP contribution in [0.25, 0.3) is 0 Å². The molecule has 1 atom stereocenters. The Kier molecular flexibility index (Phi) is 5.45. The van der Waals surface area contributed by atoms with Gasteiger partial charge in [0.25, 0.3) is 0 Å².